The molecular weight excluding hydrogens is 436 g/mol. The fourth-order valence-electron chi connectivity index (χ4n) is 3.81. The van der Waals surface area contributed by atoms with Crippen molar-refractivity contribution in [2.75, 3.05) is 43.5 Å². The van der Waals surface area contributed by atoms with Gasteiger partial charge >= 0.3 is 6.09 Å². The van der Waals surface area contributed by atoms with Crippen molar-refractivity contribution >= 4 is 34.5 Å². The van der Waals surface area contributed by atoms with Gasteiger partial charge in [0.1, 0.15) is 22.8 Å². The molecule has 1 aliphatic rings. The molecule has 180 valence electrons. The zero-order valence-corrected chi connectivity index (χ0v) is 20.0. The number of carbonyl (C=O) groups excluding carboxylic acids is 2. The van der Waals surface area contributed by atoms with E-state index < -0.39 is 5.60 Å². The lowest BCUT2D eigenvalue weighted by atomic mass is 10.1. The fraction of sp³-hybridized carbons (Fsp3) is 0.400. The maximum atomic E-state index is 12.6. The third-order valence-corrected chi connectivity index (χ3v) is 5.53. The van der Waals surface area contributed by atoms with Crippen LogP contribution in [0.1, 0.15) is 26.3 Å². The molecule has 0 aliphatic carbocycles. The van der Waals surface area contributed by atoms with Gasteiger partial charge in [-0.3, -0.25) is 4.79 Å². The number of nitrogens with one attached hydrogen (secondary N) is 1. The second-order valence-electron chi connectivity index (χ2n) is 9.20. The number of piperazine rings is 1. The van der Waals surface area contributed by atoms with E-state index in [1.165, 1.54) is 0 Å². The minimum Gasteiger partial charge on any atom is -0.497 e. The first-order valence-corrected chi connectivity index (χ1v) is 11.2. The predicted molar refractivity (Wildman–Crippen MR) is 129 cm³/mol. The lowest BCUT2D eigenvalue weighted by Gasteiger charge is -2.36. The van der Waals surface area contributed by atoms with Crippen LogP contribution in [-0.4, -0.2) is 60.8 Å². The molecule has 1 aromatic carbocycles. The number of furan rings is 1. The summed E-state index contributed by atoms with van der Waals surface area (Å²) in [5, 5.41) is 3.72. The molecule has 2 aromatic heterocycles. The lowest BCUT2D eigenvalue weighted by molar-refractivity contribution is -0.115. The molecule has 0 bridgehead atoms. The van der Waals surface area contributed by atoms with Crippen LogP contribution in [0, 0.1) is 0 Å². The molecular formula is C25H30N4O5. The Morgan fingerprint density at radius 3 is 2.53 bits per heavy atom. The summed E-state index contributed by atoms with van der Waals surface area (Å²) < 4.78 is 16.2. The third kappa shape index (κ3) is 5.59. The zero-order chi connectivity index (χ0) is 24.3. The zero-order valence-electron chi connectivity index (χ0n) is 20.0. The van der Waals surface area contributed by atoms with Crippen LogP contribution in [0.15, 0.2) is 47.2 Å². The summed E-state index contributed by atoms with van der Waals surface area (Å²) in [4.78, 5) is 33.1. The van der Waals surface area contributed by atoms with E-state index in [4.69, 9.17) is 13.9 Å². The summed E-state index contributed by atoms with van der Waals surface area (Å²) in [6.45, 7) is 8.12. The minimum absolute atomic E-state index is 0.176. The number of methoxy groups -OCH3 is 1. The molecule has 9 heteroatoms. The summed E-state index contributed by atoms with van der Waals surface area (Å²) in [7, 11) is 1.60. The molecule has 0 unspecified atom stereocenters. The van der Waals surface area contributed by atoms with Gasteiger partial charge in [-0.05, 0) is 45.0 Å². The van der Waals surface area contributed by atoms with Gasteiger partial charge in [-0.1, -0.05) is 0 Å². The third-order valence-electron chi connectivity index (χ3n) is 5.53. The number of amides is 2. The number of aromatic nitrogens is 1. The number of pyridine rings is 1. The quantitative estimate of drug-likeness (QED) is 0.605. The molecule has 0 atom stereocenters. The van der Waals surface area contributed by atoms with Crippen LogP contribution in [0.5, 0.6) is 5.75 Å². The molecule has 3 heterocycles. The highest BCUT2D eigenvalue weighted by Gasteiger charge is 2.26. The van der Waals surface area contributed by atoms with Crippen LogP contribution in [0.2, 0.25) is 0 Å². The minimum atomic E-state index is -0.503. The highest BCUT2D eigenvalue weighted by Crippen LogP contribution is 2.26. The fourth-order valence-corrected chi connectivity index (χ4v) is 3.81. The van der Waals surface area contributed by atoms with Gasteiger partial charge in [-0.2, -0.15) is 0 Å². The molecule has 1 saturated heterocycles. The van der Waals surface area contributed by atoms with Crippen LogP contribution >= 0.6 is 0 Å². The summed E-state index contributed by atoms with van der Waals surface area (Å²) in [5.41, 5.74) is 1.92. The van der Waals surface area contributed by atoms with Crippen LogP contribution in [0.4, 0.5) is 16.3 Å². The van der Waals surface area contributed by atoms with Gasteiger partial charge in [0.25, 0.3) is 0 Å². The summed E-state index contributed by atoms with van der Waals surface area (Å²) >= 11 is 0. The summed E-state index contributed by atoms with van der Waals surface area (Å²) in [6.07, 6.45) is 3.22. The largest absolute Gasteiger partial charge is 0.497 e. The van der Waals surface area contributed by atoms with E-state index in [1.807, 2.05) is 39.0 Å². The van der Waals surface area contributed by atoms with Crippen molar-refractivity contribution < 1.29 is 23.5 Å². The van der Waals surface area contributed by atoms with Crippen molar-refractivity contribution in [3.05, 3.63) is 48.4 Å². The van der Waals surface area contributed by atoms with E-state index in [0.717, 1.165) is 16.6 Å². The van der Waals surface area contributed by atoms with Gasteiger partial charge < -0.3 is 29.0 Å². The second kappa shape index (κ2) is 9.62. The topological polar surface area (TPSA) is 97.1 Å². The Morgan fingerprint density at radius 2 is 1.88 bits per heavy atom. The number of anilines is 2. The number of hydrogen-bond acceptors (Lipinski definition) is 7. The molecule has 9 nitrogen and oxygen atoms in total. The predicted octanol–water partition coefficient (Wildman–Crippen LogP) is 4.07. The maximum Gasteiger partial charge on any atom is 0.410 e. The molecule has 0 radical (unpaired) electrons. The van der Waals surface area contributed by atoms with Crippen molar-refractivity contribution in [2.45, 2.75) is 32.8 Å². The van der Waals surface area contributed by atoms with Crippen molar-refractivity contribution in [1.29, 1.82) is 0 Å². The molecule has 34 heavy (non-hydrogen) atoms. The summed E-state index contributed by atoms with van der Waals surface area (Å²) in [6, 6.07) is 9.23. The number of benzene rings is 1. The maximum absolute atomic E-state index is 12.6. The van der Waals surface area contributed by atoms with E-state index in [-0.39, 0.29) is 18.4 Å². The first-order valence-electron chi connectivity index (χ1n) is 11.2. The van der Waals surface area contributed by atoms with Crippen LogP contribution < -0.4 is 15.0 Å². The first kappa shape index (κ1) is 23.4. The lowest BCUT2D eigenvalue weighted by Crippen LogP contribution is -2.50. The Balaban J connectivity index is 1.30. The van der Waals surface area contributed by atoms with Gasteiger partial charge in [0, 0.05) is 43.2 Å². The standard InChI is InChI=1S/C25H30N4O5/c1-25(2,3)34-24(31)29-11-9-28(10-12-29)18-5-8-22(26-15-18)27-23(30)13-17-16-33-21-14-19(32-4)6-7-20(17)21/h5-8,14-16H,9-13H2,1-4H3,(H,26,27,30). The van der Waals surface area contributed by atoms with E-state index in [9.17, 15) is 9.59 Å². The highest BCUT2D eigenvalue weighted by molar-refractivity contribution is 5.95. The Bertz CT molecular complexity index is 1160. The molecule has 1 N–H and O–H groups in total. The van der Waals surface area contributed by atoms with Crippen molar-refractivity contribution in [3.8, 4) is 5.75 Å². The molecule has 0 spiro atoms. The van der Waals surface area contributed by atoms with Crippen LogP contribution in [0.3, 0.4) is 0 Å². The molecule has 1 aliphatic heterocycles. The van der Waals surface area contributed by atoms with Gasteiger partial charge in [0.2, 0.25) is 5.91 Å². The summed E-state index contributed by atoms with van der Waals surface area (Å²) in [5.74, 6) is 1.01. The average Bonchev–Trinajstić information content (AvgIpc) is 3.20. The first-order chi connectivity index (χ1) is 16.2. The van der Waals surface area contributed by atoms with Crippen LogP contribution in [-0.2, 0) is 16.0 Å². The molecule has 1 fully saturated rings. The van der Waals surface area contributed by atoms with E-state index in [2.05, 4.69) is 15.2 Å². The number of rotatable bonds is 5. The Kier molecular flexibility index (Phi) is 6.63. The van der Waals surface area contributed by atoms with Gasteiger partial charge in [-0.15, -0.1) is 0 Å². The molecule has 4 rings (SSSR count). The van der Waals surface area contributed by atoms with E-state index >= 15 is 0 Å². The smallest absolute Gasteiger partial charge is 0.410 e. The van der Waals surface area contributed by atoms with Crippen molar-refractivity contribution in [1.82, 2.24) is 9.88 Å². The monoisotopic (exact) mass is 466 g/mol. The highest BCUT2D eigenvalue weighted by atomic mass is 16.6. The van der Waals surface area contributed by atoms with Crippen molar-refractivity contribution in [2.24, 2.45) is 0 Å². The van der Waals surface area contributed by atoms with Crippen molar-refractivity contribution in [3.63, 3.8) is 0 Å². The number of fused-ring (bicyclic) bond motifs is 1. The second-order valence-corrected chi connectivity index (χ2v) is 9.20. The van der Waals surface area contributed by atoms with E-state index in [0.29, 0.717) is 43.3 Å². The average molecular weight is 467 g/mol. The number of nitrogens with zero attached hydrogens (tertiary/aromatic N) is 3. The Labute approximate surface area is 198 Å². The van der Waals surface area contributed by atoms with E-state index in [1.54, 1.807) is 36.6 Å². The number of carbonyl (C=O) groups is 2. The number of hydrogen-bond donors (Lipinski definition) is 1. The normalized spacial score (nSPS) is 14.2. The molecule has 3 aromatic rings. The molecule has 0 saturated carbocycles. The Morgan fingerprint density at radius 1 is 1.12 bits per heavy atom. The van der Waals surface area contributed by atoms with Crippen LogP contribution in [0.25, 0.3) is 11.0 Å². The van der Waals surface area contributed by atoms with Gasteiger partial charge in [0.05, 0.1) is 31.7 Å². The molecule has 2 amide bonds. The number of ether oxygens (including phenoxy) is 2. The van der Waals surface area contributed by atoms with Gasteiger partial charge in [-0.25, -0.2) is 9.78 Å². The van der Waals surface area contributed by atoms with Gasteiger partial charge in [0.15, 0.2) is 0 Å². The SMILES string of the molecule is COc1ccc2c(CC(=O)Nc3ccc(N4CCN(C(=O)OC(C)(C)C)CC4)cn3)coc2c1. The Hall–Kier alpha value is -3.75.